The van der Waals surface area contributed by atoms with Gasteiger partial charge < -0.3 is 0 Å². The molecule has 1 aromatic carbocycles. The average molecular weight is 378 g/mol. The van der Waals surface area contributed by atoms with Crippen molar-refractivity contribution in [1.82, 2.24) is 9.80 Å². The van der Waals surface area contributed by atoms with Crippen LogP contribution in [0.4, 0.5) is 0 Å². The van der Waals surface area contributed by atoms with Crippen LogP contribution >= 0.6 is 11.3 Å². The van der Waals surface area contributed by atoms with Crippen molar-refractivity contribution >= 4 is 23.2 Å². The minimum absolute atomic E-state index is 0.0114. The number of fused-ring (bicyclic) bond motifs is 2. The Morgan fingerprint density at radius 2 is 1.67 bits per heavy atom. The molecular weight excluding hydrogens is 356 g/mol. The Hall–Kier alpha value is -2.24. The Balaban J connectivity index is 1.46. The summed E-state index contributed by atoms with van der Waals surface area (Å²) in [6.45, 7) is 1.25. The van der Waals surface area contributed by atoms with E-state index in [9.17, 15) is 9.59 Å². The molecule has 0 N–H and O–H groups in total. The van der Waals surface area contributed by atoms with Crippen molar-refractivity contribution in [2.24, 2.45) is 11.8 Å². The highest BCUT2D eigenvalue weighted by molar-refractivity contribution is 7.10. The third-order valence-electron chi connectivity index (χ3n) is 6.10. The Bertz CT molecular complexity index is 878. The molecule has 27 heavy (non-hydrogen) atoms. The van der Waals surface area contributed by atoms with Crippen molar-refractivity contribution in [3.05, 3.63) is 69.9 Å². The van der Waals surface area contributed by atoms with E-state index < -0.39 is 0 Å². The number of likely N-dealkylation sites (tertiary alicyclic amines) is 1. The summed E-state index contributed by atoms with van der Waals surface area (Å²) in [5.74, 6) is -0.284. The first-order chi connectivity index (χ1) is 13.2. The van der Waals surface area contributed by atoms with E-state index in [-0.39, 0.29) is 29.7 Å². The summed E-state index contributed by atoms with van der Waals surface area (Å²) in [6, 6.07) is 12.7. The fourth-order valence-electron chi connectivity index (χ4n) is 4.74. The maximum atomic E-state index is 12.9. The molecule has 5 rings (SSSR count). The molecule has 0 saturated carbocycles. The number of nitrogens with zero attached hydrogens (tertiary/aromatic N) is 2. The van der Waals surface area contributed by atoms with Gasteiger partial charge in [0, 0.05) is 11.4 Å². The second-order valence-corrected chi connectivity index (χ2v) is 8.58. The number of imide groups is 1. The number of allylic oxidation sites excluding steroid dienone is 2. The van der Waals surface area contributed by atoms with Crippen LogP contribution in [0.3, 0.4) is 0 Å². The van der Waals surface area contributed by atoms with Crippen molar-refractivity contribution in [2.75, 3.05) is 13.2 Å². The van der Waals surface area contributed by atoms with Gasteiger partial charge in [-0.1, -0.05) is 42.5 Å². The molecule has 4 nitrogen and oxygen atoms in total. The first kappa shape index (κ1) is 16.9. The van der Waals surface area contributed by atoms with E-state index in [2.05, 4.69) is 40.6 Å². The first-order valence-corrected chi connectivity index (χ1v) is 10.5. The highest BCUT2D eigenvalue weighted by Gasteiger charge is 2.48. The zero-order chi connectivity index (χ0) is 18.4. The molecule has 0 radical (unpaired) electrons. The summed E-state index contributed by atoms with van der Waals surface area (Å²) in [5, 5.41) is 2.15. The van der Waals surface area contributed by atoms with Crippen LogP contribution in [0.1, 0.15) is 34.9 Å². The lowest BCUT2D eigenvalue weighted by Crippen LogP contribution is -2.46. The molecular formula is C22H22N2O2S. The van der Waals surface area contributed by atoms with Crippen LogP contribution in [0.2, 0.25) is 0 Å². The molecule has 0 bridgehead atoms. The summed E-state index contributed by atoms with van der Waals surface area (Å²) in [5.41, 5.74) is 2.53. The van der Waals surface area contributed by atoms with Gasteiger partial charge in [0.1, 0.15) is 0 Å². The van der Waals surface area contributed by atoms with Gasteiger partial charge in [-0.05, 0) is 41.8 Å². The summed E-state index contributed by atoms with van der Waals surface area (Å²) in [6.07, 6.45) is 6.45. The topological polar surface area (TPSA) is 40.6 Å². The van der Waals surface area contributed by atoms with Crippen LogP contribution in [-0.4, -0.2) is 34.8 Å². The van der Waals surface area contributed by atoms with E-state index in [4.69, 9.17) is 0 Å². The zero-order valence-electron chi connectivity index (χ0n) is 15.1. The highest BCUT2D eigenvalue weighted by atomic mass is 32.1. The van der Waals surface area contributed by atoms with Crippen LogP contribution < -0.4 is 0 Å². The number of thiophene rings is 1. The molecule has 2 amide bonds. The Morgan fingerprint density at radius 1 is 0.963 bits per heavy atom. The number of rotatable bonds is 3. The van der Waals surface area contributed by atoms with Gasteiger partial charge in [0.05, 0.1) is 24.5 Å². The number of hydrogen-bond donors (Lipinski definition) is 0. The van der Waals surface area contributed by atoms with Gasteiger partial charge in [0.15, 0.2) is 0 Å². The molecule has 1 aliphatic carbocycles. The number of hydrogen-bond acceptors (Lipinski definition) is 4. The fourth-order valence-corrected chi connectivity index (χ4v) is 5.64. The Kier molecular flexibility index (Phi) is 4.21. The fraction of sp³-hybridized carbons (Fsp3) is 0.364. The SMILES string of the molecule is O=C1[C@H]2CC=CC[C@H]2C(=O)N1CN1CCc2sccc2[C@@H]1c1ccccc1. The lowest BCUT2D eigenvalue weighted by molar-refractivity contribution is -0.142. The molecule has 1 saturated heterocycles. The van der Waals surface area contributed by atoms with E-state index in [1.807, 2.05) is 18.2 Å². The normalized spacial score (nSPS) is 27.7. The molecule has 3 aliphatic rings. The minimum atomic E-state index is -0.154. The molecule has 5 heteroatoms. The lowest BCUT2D eigenvalue weighted by Gasteiger charge is -2.38. The Morgan fingerprint density at radius 3 is 2.37 bits per heavy atom. The van der Waals surface area contributed by atoms with Crippen molar-refractivity contribution in [1.29, 1.82) is 0 Å². The quantitative estimate of drug-likeness (QED) is 0.605. The van der Waals surface area contributed by atoms with Gasteiger partial charge in [0.2, 0.25) is 11.8 Å². The third kappa shape index (κ3) is 2.77. The van der Waals surface area contributed by atoms with Crippen LogP contribution in [0.15, 0.2) is 53.9 Å². The van der Waals surface area contributed by atoms with Crippen LogP contribution in [0.25, 0.3) is 0 Å². The molecule has 1 fully saturated rings. The summed E-state index contributed by atoms with van der Waals surface area (Å²) < 4.78 is 0. The van der Waals surface area contributed by atoms with E-state index in [0.29, 0.717) is 19.5 Å². The maximum absolute atomic E-state index is 12.9. The van der Waals surface area contributed by atoms with Crippen LogP contribution in [0, 0.1) is 11.8 Å². The average Bonchev–Trinajstić information content (AvgIpc) is 3.28. The standard InChI is InChI=1S/C22H22N2O2S/c25-21-16-8-4-5-9-17(16)22(26)24(21)14-23-12-10-19-18(11-13-27-19)20(23)15-6-2-1-3-7-15/h1-7,11,13,16-17,20H,8-10,12,14H2/t16-,17+,20-/m0/s1. The van der Waals surface area contributed by atoms with E-state index >= 15 is 0 Å². The molecule has 1 aromatic heterocycles. The second kappa shape index (κ2) is 6.73. The molecule has 138 valence electrons. The van der Waals surface area contributed by atoms with Gasteiger partial charge in [-0.25, -0.2) is 0 Å². The van der Waals surface area contributed by atoms with Crippen molar-refractivity contribution in [3.63, 3.8) is 0 Å². The number of amides is 2. The monoisotopic (exact) mass is 378 g/mol. The first-order valence-electron chi connectivity index (χ1n) is 9.59. The summed E-state index contributed by atoms with van der Waals surface area (Å²) >= 11 is 1.80. The van der Waals surface area contributed by atoms with E-state index in [1.165, 1.54) is 20.9 Å². The van der Waals surface area contributed by atoms with Gasteiger partial charge in [0.25, 0.3) is 0 Å². The third-order valence-corrected chi connectivity index (χ3v) is 7.10. The minimum Gasteiger partial charge on any atom is -0.274 e. The zero-order valence-corrected chi connectivity index (χ0v) is 15.9. The summed E-state index contributed by atoms with van der Waals surface area (Å²) in [4.78, 5) is 31.1. The van der Waals surface area contributed by atoms with Gasteiger partial charge >= 0.3 is 0 Å². The van der Waals surface area contributed by atoms with Crippen molar-refractivity contribution in [2.45, 2.75) is 25.3 Å². The van der Waals surface area contributed by atoms with Gasteiger partial charge in [-0.3, -0.25) is 19.4 Å². The van der Waals surface area contributed by atoms with E-state index in [0.717, 1.165) is 13.0 Å². The maximum Gasteiger partial charge on any atom is 0.234 e. The highest BCUT2D eigenvalue weighted by Crippen LogP contribution is 2.40. The number of carbonyl (C=O) groups excluding carboxylic acids is 2. The smallest absolute Gasteiger partial charge is 0.234 e. The summed E-state index contributed by atoms with van der Waals surface area (Å²) in [7, 11) is 0. The predicted octanol–water partition coefficient (Wildman–Crippen LogP) is 3.60. The molecule has 0 spiro atoms. The van der Waals surface area contributed by atoms with Gasteiger partial charge in [-0.2, -0.15) is 0 Å². The lowest BCUT2D eigenvalue weighted by atomic mass is 9.85. The van der Waals surface area contributed by atoms with Crippen LogP contribution in [0.5, 0.6) is 0 Å². The molecule has 0 unspecified atom stereocenters. The predicted molar refractivity (Wildman–Crippen MR) is 105 cm³/mol. The van der Waals surface area contributed by atoms with E-state index in [1.54, 1.807) is 11.3 Å². The Labute approximate surface area is 163 Å². The molecule has 3 heterocycles. The molecule has 2 aliphatic heterocycles. The molecule has 2 aromatic rings. The number of carbonyl (C=O) groups is 2. The second-order valence-electron chi connectivity index (χ2n) is 7.58. The molecule has 3 atom stereocenters. The van der Waals surface area contributed by atoms with Gasteiger partial charge in [-0.15, -0.1) is 11.3 Å². The van der Waals surface area contributed by atoms with Crippen LogP contribution in [-0.2, 0) is 16.0 Å². The largest absolute Gasteiger partial charge is 0.274 e. The van der Waals surface area contributed by atoms with Crippen molar-refractivity contribution in [3.8, 4) is 0 Å². The number of benzene rings is 1. The van der Waals surface area contributed by atoms with Crippen molar-refractivity contribution < 1.29 is 9.59 Å².